The zero-order chi connectivity index (χ0) is 12.3. The standard InChI is InChI=1S/C12H9ClN2OS/c1-2-8-4-3-5-9(6-8)16-12-10(7-14)11(13)15-17-12/h3-6H,2H2,1H3. The number of aromatic nitrogens is 1. The number of rotatable bonds is 3. The Labute approximate surface area is 108 Å². The molecule has 0 radical (unpaired) electrons. The highest BCUT2D eigenvalue weighted by molar-refractivity contribution is 7.08. The van der Waals surface area contributed by atoms with Gasteiger partial charge in [-0.15, -0.1) is 0 Å². The largest absolute Gasteiger partial charge is 0.444 e. The van der Waals surface area contributed by atoms with Crippen LogP contribution in [0.2, 0.25) is 5.15 Å². The summed E-state index contributed by atoms with van der Waals surface area (Å²) < 4.78 is 9.50. The topological polar surface area (TPSA) is 45.9 Å². The molecule has 1 aromatic carbocycles. The van der Waals surface area contributed by atoms with Gasteiger partial charge in [0.2, 0.25) is 5.06 Å². The first kappa shape index (κ1) is 11.9. The second-order valence-electron chi connectivity index (χ2n) is 3.35. The van der Waals surface area contributed by atoms with Crippen LogP contribution >= 0.6 is 23.1 Å². The fourth-order valence-electron chi connectivity index (χ4n) is 1.35. The SMILES string of the molecule is CCc1cccc(Oc2snc(Cl)c2C#N)c1. The summed E-state index contributed by atoms with van der Waals surface area (Å²) in [6.45, 7) is 2.07. The molecule has 0 atom stereocenters. The Kier molecular flexibility index (Phi) is 3.62. The Balaban J connectivity index is 2.28. The van der Waals surface area contributed by atoms with E-state index in [1.165, 1.54) is 5.56 Å². The summed E-state index contributed by atoms with van der Waals surface area (Å²) >= 11 is 6.85. The third-order valence-corrected chi connectivity index (χ3v) is 3.35. The average Bonchev–Trinajstić information content (AvgIpc) is 2.70. The van der Waals surface area contributed by atoms with E-state index in [0.29, 0.717) is 16.4 Å². The summed E-state index contributed by atoms with van der Waals surface area (Å²) in [5, 5.41) is 9.55. The minimum atomic E-state index is 0.194. The molecular formula is C12H9ClN2OS. The van der Waals surface area contributed by atoms with E-state index in [0.717, 1.165) is 18.0 Å². The molecule has 0 N–H and O–H groups in total. The lowest BCUT2D eigenvalue weighted by atomic mass is 10.2. The molecule has 2 aromatic rings. The summed E-state index contributed by atoms with van der Waals surface area (Å²) in [7, 11) is 0. The van der Waals surface area contributed by atoms with Gasteiger partial charge in [-0.05, 0) is 24.1 Å². The molecule has 0 aliphatic carbocycles. The Morgan fingerprint density at radius 2 is 2.35 bits per heavy atom. The van der Waals surface area contributed by atoms with E-state index in [9.17, 15) is 0 Å². The van der Waals surface area contributed by atoms with Gasteiger partial charge in [0.1, 0.15) is 17.4 Å². The first-order valence-corrected chi connectivity index (χ1v) is 6.21. The maximum atomic E-state index is 8.92. The van der Waals surface area contributed by atoms with Gasteiger partial charge in [-0.25, -0.2) is 0 Å². The molecule has 0 saturated heterocycles. The lowest BCUT2D eigenvalue weighted by Crippen LogP contribution is -1.86. The predicted molar refractivity (Wildman–Crippen MR) is 67.7 cm³/mol. The summed E-state index contributed by atoms with van der Waals surface area (Å²) in [5.41, 5.74) is 1.47. The third kappa shape index (κ3) is 2.57. The van der Waals surface area contributed by atoms with Crippen LogP contribution in [0, 0.1) is 11.3 Å². The maximum absolute atomic E-state index is 8.92. The van der Waals surface area contributed by atoms with Crippen LogP contribution in [0.3, 0.4) is 0 Å². The first-order chi connectivity index (χ1) is 8.24. The first-order valence-electron chi connectivity index (χ1n) is 5.06. The highest BCUT2D eigenvalue weighted by Crippen LogP contribution is 2.33. The van der Waals surface area contributed by atoms with Crippen molar-refractivity contribution in [3.8, 4) is 16.9 Å². The number of hydrogen-bond acceptors (Lipinski definition) is 4. The predicted octanol–water partition coefficient (Wildman–Crippen LogP) is 4.02. The summed E-state index contributed by atoms with van der Waals surface area (Å²) in [6.07, 6.45) is 0.936. The van der Waals surface area contributed by atoms with Crippen molar-refractivity contribution in [2.24, 2.45) is 0 Å². The minimum absolute atomic E-state index is 0.194. The van der Waals surface area contributed by atoms with Crippen LogP contribution in [0.4, 0.5) is 0 Å². The molecule has 5 heteroatoms. The Morgan fingerprint density at radius 3 is 3.06 bits per heavy atom. The Morgan fingerprint density at radius 1 is 1.53 bits per heavy atom. The molecular weight excluding hydrogens is 256 g/mol. The van der Waals surface area contributed by atoms with Crippen molar-refractivity contribution in [3.63, 3.8) is 0 Å². The van der Waals surface area contributed by atoms with Gasteiger partial charge >= 0.3 is 0 Å². The molecule has 0 saturated carbocycles. The summed E-state index contributed by atoms with van der Waals surface area (Å²) in [4.78, 5) is 0. The second-order valence-corrected chi connectivity index (χ2v) is 4.44. The molecule has 0 bridgehead atoms. The molecule has 0 unspecified atom stereocenters. The van der Waals surface area contributed by atoms with E-state index < -0.39 is 0 Å². The molecule has 86 valence electrons. The van der Waals surface area contributed by atoms with E-state index in [4.69, 9.17) is 21.6 Å². The summed E-state index contributed by atoms with van der Waals surface area (Å²) in [5.74, 6) is 0.696. The molecule has 0 spiro atoms. The van der Waals surface area contributed by atoms with Crippen molar-refractivity contribution in [2.75, 3.05) is 0 Å². The number of nitrogens with zero attached hydrogens (tertiary/aromatic N) is 2. The molecule has 1 heterocycles. The number of nitriles is 1. The van der Waals surface area contributed by atoms with Crippen LogP contribution in [0.1, 0.15) is 18.1 Å². The lowest BCUT2D eigenvalue weighted by molar-refractivity contribution is 0.494. The van der Waals surface area contributed by atoms with Crippen LogP contribution in [0.25, 0.3) is 0 Å². The highest BCUT2D eigenvalue weighted by Gasteiger charge is 2.13. The van der Waals surface area contributed by atoms with Crippen LogP contribution in [0.15, 0.2) is 24.3 Å². The number of ether oxygens (including phenoxy) is 1. The Hall–Kier alpha value is -1.57. The van der Waals surface area contributed by atoms with Gasteiger partial charge in [-0.1, -0.05) is 30.7 Å². The van der Waals surface area contributed by atoms with Gasteiger partial charge in [0.05, 0.1) is 0 Å². The molecule has 17 heavy (non-hydrogen) atoms. The fraction of sp³-hybridized carbons (Fsp3) is 0.167. The van der Waals surface area contributed by atoms with Crippen molar-refractivity contribution in [1.82, 2.24) is 4.37 Å². The number of halogens is 1. The zero-order valence-electron chi connectivity index (χ0n) is 9.11. The smallest absolute Gasteiger partial charge is 0.219 e. The number of aryl methyl sites for hydroxylation is 1. The van der Waals surface area contributed by atoms with Crippen molar-refractivity contribution >= 4 is 23.1 Å². The van der Waals surface area contributed by atoms with Crippen molar-refractivity contribution < 1.29 is 4.74 Å². The van der Waals surface area contributed by atoms with Crippen molar-refractivity contribution in [3.05, 3.63) is 40.5 Å². The maximum Gasteiger partial charge on any atom is 0.219 e. The van der Waals surface area contributed by atoms with Crippen LogP contribution in [0.5, 0.6) is 10.8 Å². The Bertz CT molecular complexity index is 574. The molecule has 3 nitrogen and oxygen atoms in total. The molecule has 1 aromatic heterocycles. The minimum Gasteiger partial charge on any atom is -0.444 e. The normalized spacial score (nSPS) is 9.94. The third-order valence-electron chi connectivity index (χ3n) is 2.25. The lowest BCUT2D eigenvalue weighted by Gasteiger charge is -2.04. The zero-order valence-corrected chi connectivity index (χ0v) is 10.7. The van der Waals surface area contributed by atoms with Gasteiger partial charge < -0.3 is 4.74 Å². The van der Waals surface area contributed by atoms with Gasteiger partial charge in [0.15, 0.2) is 5.15 Å². The quantitative estimate of drug-likeness (QED) is 0.841. The van der Waals surface area contributed by atoms with Gasteiger partial charge in [-0.3, -0.25) is 0 Å². The van der Waals surface area contributed by atoms with Crippen molar-refractivity contribution in [2.45, 2.75) is 13.3 Å². The van der Waals surface area contributed by atoms with Crippen LogP contribution in [-0.2, 0) is 6.42 Å². The average molecular weight is 265 g/mol. The second kappa shape index (κ2) is 5.17. The molecule has 0 aliphatic heterocycles. The van der Waals surface area contributed by atoms with Gasteiger partial charge in [0.25, 0.3) is 0 Å². The van der Waals surface area contributed by atoms with E-state index in [1.54, 1.807) is 0 Å². The highest BCUT2D eigenvalue weighted by atomic mass is 35.5. The van der Waals surface area contributed by atoms with Crippen molar-refractivity contribution in [1.29, 1.82) is 5.26 Å². The van der Waals surface area contributed by atoms with E-state index in [2.05, 4.69) is 11.3 Å². The number of benzene rings is 1. The fourth-order valence-corrected chi connectivity index (χ4v) is 2.26. The summed E-state index contributed by atoms with van der Waals surface area (Å²) in [6, 6.07) is 9.71. The van der Waals surface area contributed by atoms with E-state index in [-0.39, 0.29) is 5.15 Å². The number of hydrogen-bond donors (Lipinski definition) is 0. The molecule has 2 rings (SSSR count). The van der Waals surface area contributed by atoms with Gasteiger partial charge in [0, 0.05) is 11.5 Å². The monoisotopic (exact) mass is 264 g/mol. The van der Waals surface area contributed by atoms with Crippen LogP contribution in [-0.4, -0.2) is 4.37 Å². The van der Waals surface area contributed by atoms with E-state index in [1.807, 2.05) is 30.3 Å². The molecule has 0 amide bonds. The van der Waals surface area contributed by atoms with Crippen LogP contribution < -0.4 is 4.74 Å². The van der Waals surface area contributed by atoms with Gasteiger partial charge in [-0.2, -0.15) is 9.64 Å². The molecule has 0 aliphatic rings. The molecule has 0 fully saturated rings. The van der Waals surface area contributed by atoms with E-state index >= 15 is 0 Å².